The lowest BCUT2D eigenvalue weighted by molar-refractivity contribution is 0.0617. The van der Waals surface area contributed by atoms with Crippen molar-refractivity contribution in [1.82, 2.24) is 14.7 Å². The van der Waals surface area contributed by atoms with Gasteiger partial charge in [-0.15, -0.1) is 0 Å². The monoisotopic (exact) mass is 297 g/mol. The van der Waals surface area contributed by atoms with Crippen molar-refractivity contribution in [2.45, 2.75) is 38.6 Å². The zero-order valence-corrected chi connectivity index (χ0v) is 13.5. The molecular weight excluding hydrogens is 274 g/mol. The minimum atomic E-state index is -0.121. The van der Waals surface area contributed by atoms with Crippen LogP contribution >= 0.6 is 0 Å². The molecule has 1 aliphatic rings. The highest BCUT2D eigenvalue weighted by Crippen LogP contribution is 2.33. The summed E-state index contributed by atoms with van der Waals surface area (Å²) in [4.78, 5) is 14.9. The van der Waals surface area contributed by atoms with Gasteiger partial charge in [-0.3, -0.25) is 9.48 Å². The predicted octanol–water partition coefficient (Wildman–Crippen LogP) is 2.97. The quantitative estimate of drug-likeness (QED) is 0.873. The van der Waals surface area contributed by atoms with E-state index in [2.05, 4.69) is 36.3 Å². The zero-order chi connectivity index (χ0) is 15.7. The molecule has 4 nitrogen and oxygen atoms in total. The van der Waals surface area contributed by atoms with Crippen LogP contribution in [0.2, 0.25) is 0 Å². The molecule has 2 heterocycles. The van der Waals surface area contributed by atoms with Crippen LogP contribution < -0.4 is 0 Å². The normalized spacial score (nSPS) is 21.3. The number of carbonyl (C=O) groups is 1. The van der Waals surface area contributed by atoms with Crippen molar-refractivity contribution in [3.05, 3.63) is 53.3 Å². The Morgan fingerprint density at radius 1 is 1.32 bits per heavy atom. The Bertz CT molecular complexity index is 657. The molecule has 1 unspecified atom stereocenters. The number of rotatable bonds is 3. The summed E-state index contributed by atoms with van der Waals surface area (Å²) in [7, 11) is 1.87. The van der Waals surface area contributed by atoms with Gasteiger partial charge in [0.1, 0.15) is 0 Å². The van der Waals surface area contributed by atoms with Crippen molar-refractivity contribution in [3.8, 4) is 0 Å². The molecule has 22 heavy (non-hydrogen) atoms. The van der Waals surface area contributed by atoms with Crippen LogP contribution in [0, 0.1) is 6.92 Å². The molecule has 2 aromatic rings. The van der Waals surface area contributed by atoms with E-state index in [0.717, 1.165) is 31.5 Å². The number of amides is 1. The topological polar surface area (TPSA) is 38.1 Å². The SMILES string of the molecule is Cc1cc(C(=O)N2CCCC2(C)Cc2ccccc2)nn1C. The standard InChI is InChI=1S/C18H23N3O/c1-14-12-16(19-20(14)3)17(22)21-11-7-10-18(21,2)13-15-8-5-4-6-9-15/h4-6,8-9,12H,7,10-11,13H2,1-3H3. The summed E-state index contributed by atoms with van der Waals surface area (Å²) < 4.78 is 1.76. The third kappa shape index (κ3) is 2.65. The first-order valence-electron chi connectivity index (χ1n) is 7.86. The van der Waals surface area contributed by atoms with E-state index in [1.165, 1.54) is 5.56 Å². The summed E-state index contributed by atoms with van der Waals surface area (Å²) in [5.74, 6) is 0.0552. The number of nitrogens with zero attached hydrogens (tertiary/aromatic N) is 3. The van der Waals surface area contributed by atoms with Crippen LogP contribution in [0.5, 0.6) is 0 Å². The molecule has 0 bridgehead atoms. The minimum absolute atomic E-state index is 0.0552. The second-order valence-corrected chi connectivity index (χ2v) is 6.51. The Morgan fingerprint density at radius 3 is 2.68 bits per heavy atom. The smallest absolute Gasteiger partial charge is 0.274 e. The summed E-state index contributed by atoms with van der Waals surface area (Å²) in [5, 5.41) is 4.35. The fraction of sp³-hybridized carbons (Fsp3) is 0.444. The number of aromatic nitrogens is 2. The summed E-state index contributed by atoms with van der Waals surface area (Å²) in [5.41, 5.74) is 2.72. The van der Waals surface area contributed by atoms with Crippen LogP contribution in [-0.4, -0.2) is 32.7 Å². The van der Waals surface area contributed by atoms with E-state index in [1.807, 2.05) is 31.0 Å². The van der Waals surface area contributed by atoms with Gasteiger partial charge in [0.05, 0.1) is 0 Å². The second-order valence-electron chi connectivity index (χ2n) is 6.51. The van der Waals surface area contributed by atoms with Crippen LogP contribution in [0.1, 0.15) is 41.5 Å². The maximum absolute atomic E-state index is 12.9. The highest BCUT2D eigenvalue weighted by Gasteiger charge is 2.40. The maximum atomic E-state index is 12.9. The summed E-state index contributed by atoms with van der Waals surface area (Å²) in [6.07, 6.45) is 2.99. The van der Waals surface area contributed by atoms with E-state index in [-0.39, 0.29) is 11.4 Å². The first-order chi connectivity index (χ1) is 10.5. The fourth-order valence-electron chi connectivity index (χ4n) is 3.39. The average Bonchev–Trinajstić information content (AvgIpc) is 3.03. The Labute approximate surface area is 131 Å². The largest absolute Gasteiger partial charge is 0.332 e. The summed E-state index contributed by atoms with van der Waals surface area (Å²) in [6, 6.07) is 12.3. The van der Waals surface area contributed by atoms with E-state index >= 15 is 0 Å². The van der Waals surface area contributed by atoms with Crippen molar-refractivity contribution in [2.24, 2.45) is 7.05 Å². The number of likely N-dealkylation sites (tertiary alicyclic amines) is 1. The van der Waals surface area contributed by atoms with E-state index in [0.29, 0.717) is 5.69 Å². The second kappa shape index (κ2) is 5.59. The average molecular weight is 297 g/mol. The first-order valence-corrected chi connectivity index (χ1v) is 7.86. The molecule has 1 saturated heterocycles. The number of benzene rings is 1. The lowest BCUT2D eigenvalue weighted by Crippen LogP contribution is -2.46. The molecule has 1 amide bonds. The lowest BCUT2D eigenvalue weighted by atomic mass is 9.90. The van der Waals surface area contributed by atoms with Crippen molar-refractivity contribution in [3.63, 3.8) is 0 Å². The molecule has 1 aromatic carbocycles. The number of aryl methyl sites for hydroxylation is 2. The fourth-order valence-corrected chi connectivity index (χ4v) is 3.39. The van der Waals surface area contributed by atoms with Gasteiger partial charge in [0, 0.05) is 24.8 Å². The molecule has 3 rings (SSSR count). The third-order valence-corrected chi connectivity index (χ3v) is 4.75. The Balaban J connectivity index is 1.84. The van der Waals surface area contributed by atoms with Gasteiger partial charge in [-0.05, 0) is 44.7 Å². The van der Waals surface area contributed by atoms with Gasteiger partial charge in [0.15, 0.2) is 5.69 Å². The lowest BCUT2D eigenvalue weighted by Gasteiger charge is -2.35. The minimum Gasteiger partial charge on any atom is -0.332 e. The number of carbonyl (C=O) groups excluding carboxylic acids is 1. The molecule has 116 valence electrons. The molecule has 4 heteroatoms. The molecule has 1 atom stereocenters. The summed E-state index contributed by atoms with van der Waals surface area (Å²) >= 11 is 0. The molecule has 0 saturated carbocycles. The van der Waals surface area contributed by atoms with Crippen molar-refractivity contribution in [2.75, 3.05) is 6.54 Å². The molecule has 0 spiro atoms. The third-order valence-electron chi connectivity index (χ3n) is 4.75. The highest BCUT2D eigenvalue weighted by atomic mass is 16.2. The van der Waals surface area contributed by atoms with E-state index < -0.39 is 0 Å². The van der Waals surface area contributed by atoms with Crippen LogP contribution in [0.15, 0.2) is 36.4 Å². The Hall–Kier alpha value is -2.10. The van der Waals surface area contributed by atoms with Gasteiger partial charge in [0.2, 0.25) is 0 Å². The number of hydrogen-bond donors (Lipinski definition) is 0. The molecular formula is C18H23N3O. The van der Waals surface area contributed by atoms with Crippen molar-refractivity contribution in [1.29, 1.82) is 0 Å². The van der Waals surface area contributed by atoms with Gasteiger partial charge in [0.25, 0.3) is 5.91 Å². The molecule has 1 fully saturated rings. The number of hydrogen-bond acceptors (Lipinski definition) is 2. The molecule has 0 radical (unpaired) electrons. The van der Waals surface area contributed by atoms with E-state index in [4.69, 9.17) is 0 Å². The van der Waals surface area contributed by atoms with Gasteiger partial charge in [-0.2, -0.15) is 5.10 Å². The van der Waals surface area contributed by atoms with Crippen LogP contribution in [0.3, 0.4) is 0 Å². The molecule has 0 N–H and O–H groups in total. The van der Waals surface area contributed by atoms with Gasteiger partial charge in [-0.1, -0.05) is 30.3 Å². The Kier molecular flexibility index (Phi) is 3.77. The zero-order valence-electron chi connectivity index (χ0n) is 13.5. The van der Waals surface area contributed by atoms with Crippen LogP contribution in [-0.2, 0) is 13.5 Å². The van der Waals surface area contributed by atoms with E-state index in [9.17, 15) is 4.79 Å². The van der Waals surface area contributed by atoms with Crippen molar-refractivity contribution >= 4 is 5.91 Å². The highest BCUT2D eigenvalue weighted by molar-refractivity contribution is 5.93. The van der Waals surface area contributed by atoms with Gasteiger partial charge in [-0.25, -0.2) is 0 Å². The van der Waals surface area contributed by atoms with Crippen LogP contribution in [0.4, 0.5) is 0 Å². The summed E-state index contributed by atoms with van der Waals surface area (Å²) in [6.45, 7) is 4.98. The first kappa shape index (κ1) is 14.8. The van der Waals surface area contributed by atoms with E-state index in [1.54, 1.807) is 4.68 Å². The predicted molar refractivity (Wildman–Crippen MR) is 86.8 cm³/mol. The molecule has 1 aromatic heterocycles. The molecule has 1 aliphatic heterocycles. The molecule has 0 aliphatic carbocycles. The van der Waals surface area contributed by atoms with Gasteiger partial charge >= 0.3 is 0 Å². The van der Waals surface area contributed by atoms with Crippen LogP contribution in [0.25, 0.3) is 0 Å². The Morgan fingerprint density at radius 2 is 2.05 bits per heavy atom. The van der Waals surface area contributed by atoms with Gasteiger partial charge < -0.3 is 4.90 Å². The maximum Gasteiger partial charge on any atom is 0.274 e. The van der Waals surface area contributed by atoms with Crippen molar-refractivity contribution < 1.29 is 4.79 Å².